The second-order valence-corrected chi connectivity index (χ2v) is 8.49. The van der Waals surface area contributed by atoms with Crippen molar-refractivity contribution < 1.29 is 27.9 Å². The highest BCUT2D eigenvalue weighted by molar-refractivity contribution is 7.10. The number of amides is 1. The molecule has 5 rings (SSSR count). The van der Waals surface area contributed by atoms with Gasteiger partial charge in [0.25, 0.3) is 5.91 Å². The summed E-state index contributed by atoms with van der Waals surface area (Å²) in [6.07, 6.45) is 0. The second-order valence-electron chi connectivity index (χ2n) is 7.07. The summed E-state index contributed by atoms with van der Waals surface area (Å²) in [5.74, 6) is -4.46. The van der Waals surface area contributed by atoms with Crippen molar-refractivity contribution in [3.8, 4) is 0 Å². The van der Waals surface area contributed by atoms with E-state index in [0.29, 0.717) is 26.9 Å². The van der Waals surface area contributed by atoms with Crippen LogP contribution in [0.25, 0.3) is 11.0 Å². The second kappa shape index (κ2) is 7.58. The molecule has 1 atom stereocenters. The molecule has 5 nitrogen and oxygen atoms in total. The summed E-state index contributed by atoms with van der Waals surface area (Å²) in [4.78, 5) is 27.8. The molecule has 160 valence electrons. The van der Waals surface area contributed by atoms with Crippen molar-refractivity contribution in [2.75, 3.05) is 4.90 Å². The number of furan rings is 1. The number of thiophene rings is 1. The van der Waals surface area contributed by atoms with Gasteiger partial charge < -0.3 is 9.52 Å². The zero-order chi connectivity index (χ0) is 22.6. The van der Waals surface area contributed by atoms with Crippen LogP contribution >= 0.6 is 22.9 Å². The number of hydrogen-bond acceptors (Lipinski definition) is 5. The molecule has 0 saturated carbocycles. The molecule has 0 aliphatic carbocycles. The van der Waals surface area contributed by atoms with Gasteiger partial charge in [0.15, 0.2) is 11.5 Å². The lowest BCUT2D eigenvalue weighted by atomic mass is 10.00. The van der Waals surface area contributed by atoms with E-state index in [-0.39, 0.29) is 17.0 Å². The van der Waals surface area contributed by atoms with Crippen LogP contribution in [0.4, 0.5) is 14.5 Å². The Morgan fingerprint density at radius 3 is 2.66 bits per heavy atom. The van der Waals surface area contributed by atoms with Crippen LogP contribution < -0.4 is 4.90 Å². The molecular weight excluding hydrogens is 460 g/mol. The first-order valence-corrected chi connectivity index (χ1v) is 10.6. The van der Waals surface area contributed by atoms with E-state index in [1.54, 1.807) is 35.7 Å². The number of hydrogen-bond donors (Lipinski definition) is 1. The number of ketones is 1. The van der Waals surface area contributed by atoms with Gasteiger partial charge in [0.2, 0.25) is 5.78 Å². The number of benzene rings is 2. The van der Waals surface area contributed by atoms with Crippen molar-refractivity contribution >= 4 is 51.3 Å². The summed E-state index contributed by atoms with van der Waals surface area (Å²) in [7, 11) is 0. The van der Waals surface area contributed by atoms with Gasteiger partial charge in [-0.25, -0.2) is 8.78 Å². The number of aliphatic hydroxyl groups is 1. The molecule has 1 amide bonds. The molecule has 2 aromatic heterocycles. The van der Waals surface area contributed by atoms with Gasteiger partial charge in [-0.2, -0.15) is 0 Å². The molecule has 2 aromatic carbocycles. The summed E-state index contributed by atoms with van der Waals surface area (Å²) in [6.45, 7) is 0. The van der Waals surface area contributed by atoms with E-state index in [1.807, 2.05) is 0 Å². The molecule has 4 aromatic rings. The number of Topliss-reactive ketones (excluding diaryl/α,β-unsaturated/α-hetero) is 1. The maximum atomic E-state index is 14.6. The van der Waals surface area contributed by atoms with Gasteiger partial charge in [0, 0.05) is 21.4 Å². The van der Waals surface area contributed by atoms with E-state index in [9.17, 15) is 23.5 Å². The Kier molecular flexibility index (Phi) is 4.83. The van der Waals surface area contributed by atoms with Crippen LogP contribution in [-0.4, -0.2) is 16.8 Å². The molecule has 1 aliphatic heterocycles. The van der Waals surface area contributed by atoms with Crippen LogP contribution in [0.2, 0.25) is 5.02 Å². The highest BCUT2D eigenvalue weighted by atomic mass is 35.5. The first-order valence-electron chi connectivity index (χ1n) is 9.34. The summed E-state index contributed by atoms with van der Waals surface area (Å²) in [6, 6.07) is 11.2. The predicted molar refractivity (Wildman–Crippen MR) is 116 cm³/mol. The van der Waals surface area contributed by atoms with E-state index in [0.717, 1.165) is 17.0 Å². The van der Waals surface area contributed by atoms with Gasteiger partial charge in [-0.1, -0.05) is 17.7 Å². The highest BCUT2D eigenvalue weighted by Gasteiger charge is 2.46. The zero-order valence-corrected chi connectivity index (χ0v) is 17.6. The first-order chi connectivity index (χ1) is 15.3. The molecule has 0 spiro atoms. The lowest BCUT2D eigenvalue weighted by molar-refractivity contribution is -0.117. The van der Waals surface area contributed by atoms with Crippen LogP contribution in [-0.2, 0) is 4.79 Å². The van der Waals surface area contributed by atoms with Gasteiger partial charge in [-0.15, -0.1) is 11.3 Å². The number of aliphatic hydroxyl groups excluding tert-OH is 1. The molecule has 0 fully saturated rings. The van der Waals surface area contributed by atoms with Crippen molar-refractivity contribution in [1.29, 1.82) is 0 Å². The molecule has 9 heteroatoms. The van der Waals surface area contributed by atoms with E-state index >= 15 is 0 Å². The number of halogens is 3. The van der Waals surface area contributed by atoms with Crippen molar-refractivity contribution in [2.45, 2.75) is 6.04 Å². The smallest absolute Gasteiger partial charge is 0.294 e. The third-order valence-electron chi connectivity index (χ3n) is 5.14. The Bertz CT molecular complexity index is 1430. The SMILES string of the molecule is O=C(C1=C(O)C(=O)N(c2ccc(F)cc2F)C1c1cccs1)c1cc2cc(Cl)ccc2o1. The van der Waals surface area contributed by atoms with E-state index < -0.39 is 35.1 Å². The zero-order valence-electron chi connectivity index (χ0n) is 16.0. The normalized spacial score (nSPS) is 16.4. The highest BCUT2D eigenvalue weighted by Crippen LogP contribution is 2.44. The van der Waals surface area contributed by atoms with E-state index in [4.69, 9.17) is 16.0 Å². The molecule has 3 heterocycles. The third-order valence-corrected chi connectivity index (χ3v) is 6.30. The molecule has 32 heavy (non-hydrogen) atoms. The van der Waals surface area contributed by atoms with Crippen LogP contribution in [0.5, 0.6) is 0 Å². The van der Waals surface area contributed by atoms with E-state index in [2.05, 4.69) is 0 Å². The number of rotatable bonds is 4. The van der Waals surface area contributed by atoms with Crippen molar-refractivity contribution in [2.24, 2.45) is 0 Å². The van der Waals surface area contributed by atoms with Gasteiger partial charge in [0.05, 0.1) is 11.3 Å². The average molecular weight is 472 g/mol. The largest absolute Gasteiger partial charge is 0.503 e. The Labute approximate surface area is 188 Å². The lowest BCUT2D eigenvalue weighted by Crippen LogP contribution is -2.31. The van der Waals surface area contributed by atoms with Crippen LogP contribution in [0.1, 0.15) is 21.5 Å². The van der Waals surface area contributed by atoms with Gasteiger partial charge in [-0.3, -0.25) is 14.5 Å². The maximum absolute atomic E-state index is 14.6. The average Bonchev–Trinajstić information content (AvgIpc) is 3.47. The Balaban J connectivity index is 1.65. The van der Waals surface area contributed by atoms with Crippen molar-refractivity contribution in [3.63, 3.8) is 0 Å². The number of fused-ring (bicyclic) bond motifs is 1. The minimum atomic E-state index is -1.12. The third kappa shape index (κ3) is 3.19. The van der Waals surface area contributed by atoms with Crippen molar-refractivity contribution in [3.05, 3.63) is 98.6 Å². The van der Waals surface area contributed by atoms with Gasteiger partial charge in [0.1, 0.15) is 23.3 Å². The number of carbonyl (C=O) groups excluding carboxylic acids is 2. The fourth-order valence-corrected chi connectivity index (χ4v) is 4.74. The van der Waals surface area contributed by atoms with Crippen LogP contribution in [0.15, 0.2) is 75.7 Å². The topological polar surface area (TPSA) is 70.8 Å². The van der Waals surface area contributed by atoms with Crippen LogP contribution in [0, 0.1) is 11.6 Å². The molecule has 0 bridgehead atoms. The van der Waals surface area contributed by atoms with Crippen LogP contribution in [0.3, 0.4) is 0 Å². The summed E-state index contributed by atoms with van der Waals surface area (Å²) >= 11 is 7.21. The molecule has 1 unspecified atom stereocenters. The summed E-state index contributed by atoms with van der Waals surface area (Å²) in [5.41, 5.74) is -0.122. The number of anilines is 1. The first kappa shape index (κ1) is 20.4. The molecule has 1 N–H and O–H groups in total. The van der Waals surface area contributed by atoms with Gasteiger partial charge >= 0.3 is 0 Å². The fraction of sp³-hybridized carbons (Fsp3) is 0.0435. The molecule has 1 aliphatic rings. The minimum absolute atomic E-state index is 0.111. The Hall–Kier alpha value is -3.49. The molecular formula is C23H12ClF2NO4S. The maximum Gasteiger partial charge on any atom is 0.294 e. The van der Waals surface area contributed by atoms with E-state index in [1.165, 1.54) is 17.4 Å². The monoisotopic (exact) mass is 471 g/mol. The Morgan fingerprint density at radius 2 is 1.94 bits per heavy atom. The van der Waals surface area contributed by atoms with Crippen molar-refractivity contribution in [1.82, 2.24) is 0 Å². The fourth-order valence-electron chi connectivity index (χ4n) is 3.74. The minimum Gasteiger partial charge on any atom is -0.503 e. The molecule has 0 saturated heterocycles. The quantitative estimate of drug-likeness (QED) is 0.359. The predicted octanol–water partition coefficient (Wildman–Crippen LogP) is 6.21. The standard InChI is InChI=1S/C23H12ClF2NO4S/c24-12-3-6-16-11(8-12)9-17(31-16)21(28)19-20(18-2-1-7-32-18)27(23(30)22(19)29)15-5-4-13(25)10-14(15)26/h1-10,20,29H. The van der Waals surface area contributed by atoms with Gasteiger partial charge in [-0.05, 0) is 47.8 Å². The summed E-state index contributed by atoms with van der Waals surface area (Å²) < 4.78 is 33.7. The Morgan fingerprint density at radius 1 is 1.12 bits per heavy atom. The number of carbonyl (C=O) groups is 2. The lowest BCUT2D eigenvalue weighted by Gasteiger charge is -2.25. The molecule has 0 radical (unpaired) electrons. The summed E-state index contributed by atoms with van der Waals surface area (Å²) in [5, 5.41) is 13.4. The number of nitrogens with zero attached hydrogens (tertiary/aromatic N) is 1.